The molecule has 0 bridgehead atoms. The Balaban J connectivity index is 0.00000182. The van der Waals surface area contributed by atoms with Gasteiger partial charge in [0.05, 0.1) is 6.54 Å². The van der Waals surface area contributed by atoms with Crippen molar-refractivity contribution in [2.45, 2.75) is 22.6 Å². The van der Waals surface area contributed by atoms with Crippen LogP contribution in [-0.4, -0.2) is 30.4 Å². The molecule has 25 heavy (non-hydrogen) atoms. The number of piperidine rings is 1. The SMILES string of the molecule is Cl.NCC(=O)N1CCC(=C2c3ccccc3Sc3ccccc32)CC1. The summed E-state index contributed by atoms with van der Waals surface area (Å²) in [5.41, 5.74) is 11.0. The summed E-state index contributed by atoms with van der Waals surface area (Å²) in [6, 6.07) is 17.3. The van der Waals surface area contributed by atoms with Crippen LogP contribution in [0.25, 0.3) is 5.57 Å². The number of benzene rings is 2. The van der Waals surface area contributed by atoms with Crippen molar-refractivity contribution in [2.24, 2.45) is 5.73 Å². The third-order valence-corrected chi connectivity index (χ3v) is 5.93. The zero-order valence-electron chi connectivity index (χ0n) is 13.9. The predicted octanol–water partition coefficient (Wildman–Crippen LogP) is 3.96. The van der Waals surface area contributed by atoms with E-state index in [0.29, 0.717) is 0 Å². The van der Waals surface area contributed by atoms with Crippen molar-refractivity contribution >= 4 is 35.6 Å². The molecule has 2 heterocycles. The predicted molar refractivity (Wildman–Crippen MR) is 105 cm³/mol. The molecule has 0 saturated carbocycles. The van der Waals surface area contributed by atoms with Crippen LogP contribution in [-0.2, 0) is 4.79 Å². The van der Waals surface area contributed by atoms with E-state index in [4.69, 9.17) is 5.73 Å². The first-order valence-electron chi connectivity index (χ1n) is 8.34. The van der Waals surface area contributed by atoms with Crippen molar-refractivity contribution in [1.82, 2.24) is 4.90 Å². The molecule has 2 N–H and O–H groups in total. The van der Waals surface area contributed by atoms with E-state index in [9.17, 15) is 4.79 Å². The standard InChI is InChI=1S/C20H20N2OS.ClH/c21-13-19(23)22-11-9-14(10-12-22)20-15-5-1-3-7-17(15)24-18-8-4-2-6-16(18)20;/h1-8H,9-13,21H2;1H. The second-order valence-corrected chi connectivity index (χ2v) is 7.24. The molecular weight excluding hydrogens is 352 g/mol. The summed E-state index contributed by atoms with van der Waals surface area (Å²) in [6.45, 7) is 1.65. The summed E-state index contributed by atoms with van der Waals surface area (Å²) >= 11 is 1.84. The molecule has 2 aliphatic heterocycles. The summed E-state index contributed by atoms with van der Waals surface area (Å²) in [7, 11) is 0. The number of fused-ring (bicyclic) bond motifs is 2. The average molecular weight is 373 g/mol. The zero-order valence-corrected chi connectivity index (χ0v) is 15.5. The van der Waals surface area contributed by atoms with Crippen molar-refractivity contribution in [3.05, 3.63) is 65.2 Å². The monoisotopic (exact) mass is 372 g/mol. The zero-order chi connectivity index (χ0) is 16.5. The molecule has 0 unspecified atom stereocenters. The normalized spacial score (nSPS) is 16.0. The van der Waals surface area contributed by atoms with Crippen LogP contribution in [0.5, 0.6) is 0 Å². The Bertz CT molecular complexity index is 776. The molecule has 5 heteroatoms. The smallest absolute Gasteiger partial charge is 0.236 e. The van der Waals surface area contributed by atoms with Crippen molar-refractivity contribution in [1.29, 1.82) is 0 Å². The molecule has 3 nitrogen and oxygen atoms in total. The van der Waals surface area contributed by atoms with Gasteiger partial charge in [-0.3, -0.25) is 4.79 Å². The van der Waals surface area contributed by atoms with Crippen LogP contribution in [0.3, 0.4) is 0 Å². The second-order valence-electron chi connectivity index (χ2n) is 6.16. The number of hydrogen-bond donors (Lipinski definition) is 1. The molecule has 2 aliphatic rings. The minimum absolute atomic E-state index is 0. The van der Waals surface area contributed by atoms with E-state index in [2.05, 4.69) is 48.5 Å². The maximum absolute atomic E-state index is 11.8. The highest BCUT2D eigenvalue weighted by molar-refractivity contribution is 7.99. The lowest BCUT2D eigenvalue weighted by Crippen LogP contribution is -2.40. The Kier molecular flexibility index (Phi) is 5.52. The van der Waals surface area contributed by atoms with E-state index < -0.39 is 0 Å². The maximum atomic E-state index is 11.8. The lowest BCUT2D eigenvalue weighted by Gasteiger charge is -2.32. The van der Waals surface area contributed by atoms with E-state index in [-0.39, 0.29) is 24.9 Å². The summed E-state index contributed by atoms with van der Waals surface area (Å²) in [5, 5.41) is 0. The number of halogens is 1. The molecule has 0 aliphatic carbocycles. The number of rotatable bonds is 1. The van der Waals surface area contributed by atoms with Crippen molar-refractivity contribution in [3.63, 3.8) is 0 Å². The van der Waals surface area contributed by atoms with Gasteiger partial charge in [-0.15, -0.1) is 12.4 Å². The van der Waals surface area contributed by atoms with Gasteiger partial charge in [0.1, 0.15) is 0 Å². The number of likely N-dealkylation sites (tertiary alicyclic amines) is 1. The Morgan fingerprint density at radius 3 is 2.00 bits per heavy atom. The fourth-order valence-corrected chi connectivity index (χ4v) is 4.66. The number of carbonyl (C=O) groups excluding carboxylic acids is 1. The summed E-state index contributed by atoms with van der Waals surface area (Å²) in [4.78, 5) is 16.4. The maximum Gasteiger partial charge on any atom is 0.236 e. The molecule has 0 spiro atoms. The van der Waals surface area contributed by atoms with Gasteiger partial charge in [0.2, 0.25) is 5.91 Å². The van der Waals surface area contributed by atoms with Gasteiger partial charge in [-0.25, -0.2) is 0 Å². The minimum atomic E-state index is 0. The molecule has 0 radical (unpaired) electrons. The second kappa shape index (κ2) is 7.65. The van der Waals surface area contributed by atoms with E-state index in [1.165, 1.54) is 32.1 Å². The molecule has 2 aromatic rings. The van der Waals surface area contributed by atoms with Crippen LogP contribution in [0.2, 0.25) is 0 Å². The quantitative estimate of drug-likeness (QED) is 0.703. The first-order valence-corrected chi connectivity index (χ1v) is 9.16. The summed E-state index contributed by atoms with van der Waals surface area (Å²) in [6.07, 6.45) is 1.85. The summed E-state index contributed by atoms with van der Waals surface area (Å²) < 4.78 is 0. The molecule has 1 amide bonds. The largest absolute Gasteiger partial charge is 0.341 e. The number of nitrogens with two attached hydrogens (primary N) is 1. The molecule has 2 aromatic carbocycles. The van der Waals surface area contributed by atoms with Gasteiger partial charge in [-0.1, -0.05) is 53.7 Å². The lowest BCUT2D eigenvalue weighted by molar-refractivity contribution is -0.130. The Morgan fingerprint density at radius 2 is 1.48 bits per heavy atom. The first kappa shape index (κ1) is 18.1. The topological polar surface area (TPSA) is 46.3 Å². The van der Waals surface area contributed by atoms with Crippen molar-refractivity contribution in [2.75, 3.05) is 19.6 Å². The highest BCUT2D eigenvalue weighted by atomic mass is 35.5. The molecule has 4 rings (SSSR count). The Hall–Kier alpha value is -1.75. The number of amides is 1. The van der Waals surface area contributed by atoms with Crippen molar-refractivity contribution in [3.8, 4) is 0 Å². The molecule has 130 valence electrons. The molecular formula is C20H21ClN2OS. The number of carbonyl (C=O) groups is 1. The number of hydrogen-bond acceptors (Lipinski definition) is 3. The van der Waals surface area contributed by atoms with Crippen molar-refractivity contribution < 1.29 is 4.79 Å². The van der Waals surface area contributed by atoms with Gasteiger partial charge < -0.3 is 10.6 Å². The third kappa shape index (κ3) is 3.34. The number of nitrogens with zero attached hydrogens (tertiary/aromatic N) is 1. The highest BCUT2D eigenvalue weighted by Crippen LogP contribution is 2.47. The third-order valence-electron chi connectivity index (χ3n) is 4.78. The minimum Gasteiger partial charge on any atom is -0.341 e. The van der Waals surface area contributed by atoms with E-state index >= 15 is 0 Å². The van der Waals surface area contributed by atoms with Crippen LogP contribution in [0.1, 0.15) is 24.0 Å². The highest BCUT2D eigenvalue weighted by Gasteiger charge is 2.26. The van der Waals surface area contributed by atoms with Gasteiger partial charge >= 0.3 is 0 Å². The van der Waals surface area contributed by atoms with Gasteiger partial charge in [0.15, 0.2) is 0 Å². The fraction of sp³-hybridized carbons (Fsp3) is 0.250. The first-order chi connectivity index (χ1) is 11.8. The molecule has 1 fully saturated rings. The van der Waals surface area contributed by atoms with Gasteiger partial charge in [-0.2, -0.15) is 0 Å². The Morgan fingerprint density at radius 1 is 0.960 bits per heavy atom. The van der Waals surface area contributed by atoms with E-state index in [1.807, 2.05) is 16.7 Å². The van der Waals surface area contributed by atoms with E-state index in [1.54, 1.807) is 0 Å². The fourth-order valence-electron chi connectivity index (χ4n) is 3.57. The van der Waals surface area contributed by atoms with Crippen LogP contribution in [0.15, 0.2) is 63.9 Å². The Labute approximate surface area is 158 Å². The van der Waals surface area contributed by atoms with Crippen LogP contribution >= 0.6 is 24.2 Å². The van der Waals surface area contributed by atoms with Crippen LogP contribution < -0.4 is 5.73 Å². The van der Waals surface area contributed by atoms with Gasteiger partial charge in [-0.05, 0) is 41.7 Å². The molecule has 0 aromatic heterocycles. The molecule has 1 saturated heterocycles. The van der Waals surface area contributed by atoms with E-state index in [0.717, 1.165) is 25.9 Å². The average Bonchev–Trinajstić information content (AvgIpc) is 2.65. The lowest BCUT2D eigenvalue weighted by atomic mass is 9.88. The van der Waals surface area contributed by atoms with Gasteiger partial charge in [0, 0.05) is 22.9 Å². The van der Waals surface area contributed by atoms with Gasteiger partial charge in [0.25, 0.3) is 0 Å². The summed E-state index contributed by atoms with van der Waals surface area (Å²) in [5.74, 6) is 0.0547. The van der Waals surface area contributed by atoms with Crippen LogP contribution in [0.4, 0.5) is 0 Å². The molecule has 0 atom stereocenters. The van der Waals surface area contributed by atoms with Crippen LogP contribution in [0, 0.1) is 0 Å².